The number of ether oxygens (including phenoxy) is 1. The Bertz CT molecular complexity index is 764. The summed E-state index contributed by atoms with van der Waals surface area (Å²) in [7, 11) is -3.64. The average Bonchev–Trinajstić information content (AvgIpc) is 2.49. The summed E-state index contributed by atoms with van der Waals surface area (Å²) in [6.45, 7) is 5.80. The SMILES string of the molecule is Cc1ccc(S(=O)(=O)NN=Cc2ccc(OC(C)C)cc2)cc1. The molecule has 5 nitrogen and oxygen atoms in total. The Labute approximate surface area is 137 Å². The second-order valence-corrected chi connectivity index (χ2v) is 7.06. The van der Waals surface area contributed by atoms with Gasteiger partial charge in [-0.2, -0.15) is 13.5 Å². The Morgan fingerprint density at radius 1 is 1.04 bits per heavy atom. The van der Waals surface area contributed by atoms with Gasteiger partial charge in [-0.3, -0.25) is 0 Å². The standard InChI is InChI=1S/C17H20N2O3S/c1-13(2)22-16-8-6-15(7-9-16)12-18-19-23(20,21)17-10-4-14(3)5-11-17/h4-13,19H,1-3H3. The van der Waals surface area contributed by atoms with Gasteiger partial charge >= 0.3 is 0 Å². The van der Waals surface area contributed by atoms with Crippen LogP contribution in [0.15, 0.2) is 58.5 Å². The third kappa shape index (κ3) is 5.10. The van der Waals surface area contributed by atoms with E-state index in [1.165, 1.54) is 6.21 Å². The Kier molecular flexibility index (Phi) is 5.39. The first kappa shape index (κ1) is 17.0. The molecule has 0 bridgehead atoms. The van der Waals surface area contributed by atoms with Gasteiger partial charge in [-0.05, 0) is 62.7 Å². The summed E-state index contributed by atoms with van der Waals surface area (Å²) in [5, 5.41) is 3.80. The fourth-order valence-electron chi connectivity index (χ4n) is 1.85. The van der Waals surface area contributed by atoms with Crippen LogP contribution in [0.1, 0.15) is 25.0 Å². The van der Waals surface area contributed by atoms with E-state index in [0.29, 0.717) is 0 Å². The molecular weight excluding hydrogens is 312 g/mol. The predicted octanol–water partition coefficient (Wildman–Crippen LogP) is 3.09. The van der Waals surface area contributed by atoms with Crippen molar-refractivity contribution in [3.63, 3.8) is 0 Å². The number of benzene rings is 2. The topological polar surface area (TPSA) is 67.8 Å². The molecule has 0 amide bonds. The van der Waals surface area contributed by atoms with Gasteiger partial charge in [0.25, 0.3) is 10.0 Å². The number of nitrogens with zero attached hydrogens (tertiary/aromatic N) is 1. The molecule has 0 radical (unpaired) electrons. The molecule has 0 saturated heterocycles. The van der Waals surface area contributed by atoms with Gasteiger partial charge in [0.15, 0.2) is 0 Å². The highest BCUT2D eigenvalue weighted by molar-refractivity contribution is 7.89. The average molecular weight is 332 g/mol. The minimum absolute atomic E-state index is 0.107. The fourth-order valence-corrected chi connectivity index (χ4v) is 2.64. The zero-order chi connectivity index (χ0) is 16.9. The molecule has 122 valence electrons. The van der Waals surface area contributed by atoms with Crippen LogP contribution in [0.25, 0.3) is 0 Å². The highest BCUT2D eigenvalue weighted by Gasteiger charge is 2.11. The summed E-state index contributed by atoms with van der Waals surface area (Å²) in [6.07, 6.45) is 1.56. The predicted molar refractivity (Wildman–Crippen MR) is 91.3 cm³/mol. The molecule has 2 rings (SSSR count). The van der Waals surface area contributed by atoms with Gasteiger partial charge in [-0.1, -0.05) is 17.7 Å². The van der Waals surface area contributed by atoms with Crippen LogP contribution < -0.4 is 9.57 Å². The summed E-state index contributed by atoms with van der Waals surface area (Å²) < 4.78 is 29.7. The Balaban J connectivity index is 2.01. The van der Waals surface area contributed by atoms with Crippen LogP contribution in [0.5, 0.6) is 5.75 Å². The van der Waals surface area contributed by atoms with Crippen LogP contribution in [-0.2, 0) is 10.0 Å². The van der Waals surface area contributed by atoms with E-state index < -0.39 is 10.0 Å². The highest BCUT2D eigenvalue weighted by atomic mass is 32.2. The summed E-state index contributed by atoms with van der Waals surface area (Å²) in [5.74, 6) is 0.761. The number of sulfonamides is 1. The van der Waals surface area contributed by atoms with Crippen molar-refractivity contribution in [3.05, 3.63) is 59.7 Å². The Morgan fingerprint density at radius 3 is 2.22 bits per heavy atom. The Hall–Kier alpha value is -2.34. The van der Waals surface area contributed by atoms with Gasteiger partial charge in [0, 0.05) is 0 Å². The quantitative estimate of drug-likeness (QED) is 0.653. The minimum atomic E-state index is -3.64. The number of nitrogens with one attached hydrogen (secondary N) is 1. The zero-order valence-electron chi connectivity index (χ0n) is 13.4. The lowest BCUT2D eigenvalue weighted by molar-refractivity contribution is 0.242. The van der Waals surface area contributed by atoms with Gasteiger partial charge in [0.1, 0.15) is 5.75 Å². The van der Waals surface area contributed by atoms with Gasteiger partial charge in [0.2, 0.25) is 0 Å². The second-order valence-electron chi connectivity index (χ2n) is 5.40. The minimum Gasteiger partial charge on any atom is -0.491 e. The highest BCUT2D eigenvalue weighted by Crippen LogP contribution is 2.13. The molecule has 0 aliphatic heterocycles. The van der Waals surface area contributed by atoms with Gasteiger partial charge < -0.3 is 4.74 Å². The third-order valence-electron chi connectivity index (χ3n) is 2.97. The van der Waals surface area contributed by atoms with Crippen LogP contribution in [0.3, 0.4) is 0 Å². The lowest BCUT2D eigenvalue weighted by Crippen LogP contribution is -2.18. The zero-order valence-corrected chi connectivity index (χ0v) is 14.2. The largest absolute Gasteiger partial charge is 0.491 e. The maximum Gasteiger partial charge on any atom is 0.276 e. The lowest BCUT2D eigenvalue weighted by Gasteiger charge is -2.09. The molecule has 0 unspecified atom stereocenters. The molecule has 1 N–H and O–H groups in total. The van der Waals surface area contributed by atoms with Crippen LogP contribution in [0.4, 0.5) is 0 Å². The molecule has 6 heteroatoms. The fraction of sp³-hybridized carbons (Fsp3) is 0.235. The van der Waals surface area contributed by atoms with Crippen molar-refractivity contribution in [3.8, 4) is 5.75 Å². The maximum absolute atomic E-state index is 12.1. The number of aryl methyl sites for hydroxylation is 1. The summed E-state index contributed by atoms with van der Waals surface area (Å²) in [4.78, 5) is 2.38. The number of rotatable bonds is 6. The Morgan fingerprint density at radius 2 is 1.65 bits per heavy atom. The van der Waals surface area contributed by atoms with Crippen LogP contribution >= 0.6 is 0 Å². The van der Waals surface area contributed by atoms with Gasteiger partial charge in [0.05, 0.1) is 17.2 Å². The van der Waals surface area contributed by atoms with Crippen LogP contribution in [0, 0.1) is 6.92 Å². The molecule has 23 heavy (non-hydrogen) atoms. The summed E-state index contributed by atoms with van der Waals surface area (Å²) in [6, 6.07) is 13.8. The monoisotopic (exact) mass is 332 g/mol. The van der Waals surface area contributed by atoms with E-state index in [1.807, 2.05) is 32.9 Å². The van der Waals surface area contributed by atoms with Gasteiger partial charge in [-0.25, -0.2) is 4.83 Å². The maximum atomic E-state index is 12.1. The molecule has 0 saturated carbocycles. The molecule has 2 aromatic rings. The van der Waals surface area contributed by atoms with Crippen LogP contribution in [0.2, 0.25) is 0 Å². The summed E-state index contributed by atoms with van der Waals surface area (Å²) >= 11 is 0. The number of hydrogen-bond acceptors (Lipinski definition) is 4. The van der Waals surface area contributed by atoms with Crippen molar-refractivity contribution >= 4 is 16.2 Å². The first-order valence-electron chi connectivity index (χ1n) is 7.25. The normalized spacial score (nSPS) is 11.8. The number of hydrogen-bond donors (Lipinski definition) is 1. The van der Waals surface area contributed by atoms with Crippen molar-refractivity contribution in [1.29, 1.82) is 0 Å². The molecule has 0 atom stereocenters. The lowest BCUT2D eigenvalue weighted by atomic mass is 10.2. The third-order valence-corrected chi connectivity index (χ3v) is 4.21. The van der Waals surface area contributed by atoms with Crippen molar-refractivity contribution in [2.24, 2.45) is 5.10 Å². The van der Waals surface area contributed by atoms with E-state index in [9.17, 15) is 8.42 Å². The van der Waals surface area contributed by atoms with E-state index in [2.05, 4.69) is 9.93 Å². The summed E-state index contributed by atoms with van der Waals surface area (Å²) in [5.41, 5.74) is 1.77. The van der Waals surface area contributed by atoms with Crippen molar-refractivity contribution in [2.45, 2.75) is 31.8 Å². The van der Waals surface area contributed by atoms with Crippen molar-refractivity contribution in [1.82, 2.24) is 4.83 Å². The van der Waals surface area contributed by atoms with E-state index in [0.717, 1.165) is 16.9 Å². The smallest absolute Gasteiger partial charge is 0.276 e. The number of hydrazone groups is 1. The van der Waals surface area contributed by atoms with E-state index >= 15 is 0 Å². The second kappa shape index (κ2) is 7.28. The molecule has 2 aromatic carbocycles. The molecule has 0 heterocycles. The molecular formula is C17H20N2O3S. The molecule has 0 spiro atoms. The molecule has 0 aliphatic rings. The van der Waals surface area contributed by atoms with E-state index in [4.69, 9.17) is 4.74 Å². The van der Waals surface area contributed by atoms with E-state index in [-0.39, 0.29) is 11.0 Å². The van der Waals surface area contributed by atoms with Crippen LogP contribution in [-0.4, -0.2) is 20.7 Å². The first-order chi connectivity index (χ1) is 10.9. The van der Waals surface area contributed by atoms with E-state index in [1.54, 1.807) is 36.4 Å². The molecule has 0 aromatic heterocycles. The van der Waals surface area contributed by atoms with Crippen molar-refractivity contribution in [2.75, 3.05) is 0 Å². The van der Waals surface area contributed by atoms with Crippen molar-refractivity contribution < 1.29 is 13.2 Å². The molecule has 0 aliphatic carbocycles. The molecule has 0 fully saturated rings. The first-order valence-corrected chi connectivity index (χ1v) is 8.73. The van der Waals surface area contributed by atoms with Gasteiger partial charge in [-0.15, -0.1) is 0 Å².